The molecule has 2 aliphatic rings. The van der Waals surface area contributed by atoms with Crippen molar-refractivity contribution in [3.8, 4) is 0 Å². The first-order valence-corrected chi connectivity index (χ1v) is 8.52. The molecule has 124 valence electrons. The Morgan fingerprint density at radius 2 is 2.04 bits per heavy atom. The topological polar surface area (TPSA) is 32.3 Å². The molecule has 1 heterocycles. The van der Waals surface area contributed by atoms with Gasteiger partial charge in [0.25, 0.3) is 0 Å². The van der Waals surface area contributed by atoms with E-state index in [0.29, 0.717) is 5.92 Å². The molecule has 1 fully saturated rings. The van der Waals surface area contributed by atoms with Crippen molar-refractivity contribution >= 4 is 17.8 Å². The molecule has 2 aromatic carbocycles. The molecule has 24 heavy (non-hydrogen) atoms. The van der Waals surface area contributed by atoms with Crippen LogP contribution in [0.5, 0.6) is 0 Å². The standard InChI is InChI=1S/C20H21FN2O/c1-13-8-18(10-19(14-2-3-14)20(13)22-12-24)23-7-6-15-9-17(21)5-4-16(15)11-23/h4-5,8-10,12,14H,2-3,6-7,11H2,1H3,(H,22,24). The van der Waals surface area contributed by atoms with Gasteiger partial charge in [0.1, 0.15) is 5.82 Å². The maximum absolute atomic E-state index is 13.4. The number of hydrogen-bond donors (Lipinski definition) is 1. The van der Waals surface area contributed by atoms with Crippen LogP contribution in [0.1, 0.15) is 41.0 Å². The van der Waals surface area contributed by atoms with Crippen molar-refractivity contribution < 1.29 is 9.18 Å². The van der Waals surface area contributed by atoms with Gasteiger partial charge in [-0.15, -0.1) is 0 Å². The van der Waals surface area contributed by atoms with Gasteiger partial charge in [-0.2, -0.15) is 0 Å². The summed E-state index contributed by atoms with van der Waals surface area (Å²) in [4.78, 5) is 13.3. The van der Waals surface area contributed by atoms with Gasteiger partial charge in [0.15, 0.2) is 0 Å². The number of halogens is 1. The first-order valence-electron chi connectivity index (χ1n) is 8.52. The number of hydrogen-bond acceptors (Lipinski definition) is 2. The fourth-order valence-corrected chi connectivity index (χ4v) is 3.69. The van der Waals surface area contributed by atoms with Crippen molar-refractivity contribution in [2.24, 2.45) is 0 Å². The maximum atomic E-state index is 13.4. The van der Waals surface area contributed by atoms with Crippen LogP contribution in [-0.2, 0) is 17.8 Å². The van der Waals surface area contributed by atoms with E-state index in [0.717, 1.165) is 42.7 Å². The van der Waals surface area contributed by atoms with E-state index in [-0.39, 0.29) is 5.82 Å². The lowest BCUT2D eigenvalue weighted by Crippen LogP contribution is -2.30. The van der Waals surface area contributed by atoms with Gasteiger partial charge >= 0.3 is 0 Å². The number of rotatable bonds is 4. The van der Waals surface area contributed by atoms with Crippen LogP contribution in [0.25, 0.3) is 0 Å². The second kappa shape index (κ2) is 5.93. The Hall–Kier alpha value is -2.36. The van der Waals surface area contributed by atoms with Gasteiger partial charge in [-0.1, -0.05) is 6.07 Å². The molecule has 2 aromatic rings. The lowest BCUT2D eigenvalue weighted by Gasteiger charge is -2.32. The molecule has 0 aromatic heterocycles. The van der Waals surface area contributed by atoms with E-state index >= 15 is 0 Å². The third-order valence-electron chi connectivity index (χ3n) is 5.12. The predicted molar refractivity (Wildman–Crippen MR) is 94.0 cm³/mol. The summed E-state index contributed by atoms with van der Waals surface area (Å²) in [5.41, 5.74) is 6.83. The maximum Gasteiger partial charge on any atom is 0.211 e. The summed E-state index contributed by atoms with van der Waals surface area (Å²) in [6.45, 7) is 3.74. The normalized spacial score (nSPS) is 16.7. The fraction of sp³-hybridized carbons (Fsp3) is 0.350. The molecule has 1 aliphatic carbocycles. The number of aryl methyl sites for hydroxylation is 1. The number of anilines is 2. The smallest absolute Gasteiger partial charge is 0.211 e. The van der Waals surface area contributed by atoms with Crippen molar-refractivity contribution in [2.45, 2.75) is 38.6 Å². The molecule has 1 aliphatic heterocycles. The van der Waals surface area contributed by atoms with Crippen LogP contribution >= 0.6 is 0 Å². The van der Waals surface area contributed by atoms with Crippen LogP contribution in [-0.4, -0.2) is 13.0 Å². The first-order chi connectivity index (χ1) is 11.7. The SMILES string of the molecule is Cc1cc(N2CCc3cc(F)ccc3C2)cc(C2CC2)c1NC=O. The first kappa shape index (κ1) is 15.2. The minimum absolute atomic E-state index is 0.154. The van der Waals surface area contributed by atoms with E-state index in [4.69, 9.17) is 0 Å². The Labute approximate surface area is 141 Å². The highest BCUT2D eigenvalue weighted by molar-refractivity contribution is 5.78. The summed E-state index contributed by atoms with van der Waals surface area (Å²) >= 11 is 0. The van der Waals surface area contributed by atoms with E-state index < -0.39 is 0 Å². The van der Waals surface area contributed by atoms with Crippen LogP contribution in [0.4, 0.5) is 15.8 Å². The Morgan fingerprint density at radius 3 is 2.79 bits per heavy atom. The lowest BCUT2D eigenvalue weighted by molar-refractivity contribution is -0.105. The number of carbonyl (C=O) groups is 1. The van der Waals surface area contributed by atoms with Crippen LogP contribution in [0.3, 0.4) is 0 Å². The second-order valence-corrected chi connectivity index (χ2v) is 6.85. The van der Waals surface area contributed by atoms with Crippen LogP contribution < -0.4 is 10.2 Å². The second-order valence-electron chi connectivity index (χ2n) is 6.85. The molecule has 4 heteroatoms. The molecule has 4 rings (SSSR count). The third kappa shape index (κ3) is 2.77. The molecule has 3 nitrogen and oxygen atoms in total. The number of fused-ring (bicyclic) bond motifs is 1. The zero-order valence-electron chi connectivity index (χ0n) is 13.8. The Kier molecular flexibility index (Phi) is 3.75. The molecule has 0 bridgehead atoms. The average Bonchev–Trinajstić information content (AvgIpc) is 3.41. The molecule has 1 amide bonds. The van der Waals surface area contributed by atoms with E-state index in [9.17, 15) is 9.18 Å². The van der Waals surface area contributed by atoms with Crippen molar-refractivity contribution in [3.63, 3.8) is 0 Å². The zero-order valence-corrected chi connectivity index (χ0v) is 13.8. The molecule has 1 saturated carbocycles. The number of benzene rings is 2. The number of nitrogens with zero attached hydrogens (tertiary/aromatic N) is 1. The van der Waals surface area contributed by atoms with E-state index in [1.165, 1.54) is 29.7 Å². The van der Waals surface area contributed by atoms with Gasteiger partial charge < -0.3 is 10.2 Å². The summed E-state index contributed by atoms with van der Waals surface area (Å²) in [5.74, 6) is 0.413. The highest BCUT2D eigenvalue weighted by Gasteiger charge is 2.28. The van der Waals surface area contributed by atoms with Crippen molar-refractivity contribution in [1.82, 2.24) is 0 Å². The number of carbonyl (C=O) groups excluding carboxylic acids is 1. The summed E-state index contributed by atoms with van der Waals surface area (Å²) in [7, 11) is 0. The van der Waals surface area contributed by atoms with Gasteiger partial charge in [-0.05, 0) is 78.6 Å². The molecule has 0 radical (unpaired) electrons. The van der Waals surface area contributed by atoms with Crippen molar-refractivity contribution in [1.29, 1.82) is 0 Å². The summed E-state index contributed by atoms with van der Waals surface area (Å²) < 4.78 is 13.4. The van der Waals surface area contributed by atoms with Gasteiger partial charge in [-0.3, -0.25) is 4.79 Å². The zero-order chi connectivity index (χ0) is 16.7. The van der Waals surface area contributed by atoms with Crippen molar-refractivity contribution in [3.05, 3.63) is 58.4 Å². The van der Waals surface area contributed by atoms with Gasteiger partial charge in [0, 0.05) is 24.5 Å². The quantitative estimate of drug-likeness (QED) is 0.857. The molecular weight excluding hydrogens is 303 g/mol. The summed E-state index contributed by atoms with van der Waals surface area (Å²) in [5, 5.41) is 2.88. The molecule has 1 N–H and O–H groups in total. The van der Waals surface area contributed by atoms with Gasteiger partial charge in [-0.25, -0.2) is 4.39 Å². The average molecular weight is 324 g/mol. The Balaban J connectivity index is 1.67. The van der Waals surface area contributed by atoms with Crippen LogP contribution in [0.2, 0.25) is 0 Å². The molecule has 0 unspecified atom stereocenters. The monoisotopic (exact) mass is 324 g/mol. The molecule has 0 atom stereocenters. The third-order valence-corrected chi connectivity index (χ3v) is 5.12. The predicted octanol–water partition coefficient (Wildman–Crippen LogP) is 4.14. The molecule has 0 spiro atoms. The summed E-state index contributed by atoms with van der Waals surface area (Å²) in [6, 6.07) is 9.47. The highest BCUT2D eigenvalue weighted by Crippen LogP contribution is 2.46. The minimum Gasteiger partial charge on any atom is -0.367 e. The van der Waals surface area contributed by atoms with E-state index in [2.05, 4.69) is 29.3 Å². The number of nitrogens with one attached hydrogen (secondary N) is 1. The van der Waals surface area contributed by atoms with Crippen LogP contribution in [0, 0.1) is 12.7 Å². The largest absolute Gasteiger partial charge is 0.367 e. The highest BCUT2D eigenvalue weighted by atomic mass is 19.1. The Bertz CT molecular complexity index is 798. The van der Waals surface area contributed by atoms with Crippen molar-refractivity contribution in [2.75, 3.05) is 16.8 Å². The van der Waals surface area contributed by atoms with Gasteiger partial charge in [0.05, 0.1) is 0 Å². The Morgan fingerprint density at radius 1 is 1.21 bits per heavy atom. The summed E-state index contributed by atoms with van der Waals surface area (Å²) in [6.07, 6.45) is 4.01. The minimum atomic E-state index is -0.154. The number of amides is 1. The van der Waals surface area contributed by atoms with Crippen LogP contribution in [0.15, 0.2) is 30.3 Å². The van der Waals surface area contributed by atoms with Gasteiger partial charge in [0.2, 0.25) is 6.41 Å². The van der Waals surface area contributed by atoms with E-state index in [1.807, 2.05) is 6.07 Å². The van der Waals surface area contributed by atoms with E-state index in [1.54, 1.807) is 12.1 Å². The molecule has 0 saturated heterocycles. The fourth-order valence-electron chi connectivity index (χ4n) is 3.69. The molecular formula is C20H21FN2O. The lowest BCUT2D eigenvalue weighted by atomic mass is 9.97.